The lowest BCUT2D eigenvalue weighted by molar-refractivity contribution is -0.122. The van der Waals surface area contributed by atoms with Crippen molar-refractivity contribution < 1.29 is 18.7 Å². The Hall–Kier alpha value is -3.68. The van der Waals surface area contributed by atoms with Gasteiger partial charge in [0.15, 0.2) is 6.10 Å². The number of hydrogen-bond acceptors (Lipinski definition) is 4. The average molecular weight is 396 g/mol. The molecule has 0 saturated heterocycles. The number of anilines is 2. The van der Waals surface area contributed by atoms with Crippen LogP contribution in [0, 0.1) is 12.7 Å². The molecule has 0 aliphatic carbocycles. The Morgan fingerprint density at radius 2 is 1.76 bits per heavy atom. The number of nitrogens with one attached hydrogen (secondary N) is 2. The largest absolute Gasteiger partial charge is 0.481 e. The molecule has 0 bridgehead atoms. The molecule has 0 aliphatic heterocycles. The molecule has 2 aromatic carbocycles. The molecule has 29 heavy (non-hydrogen) atoms. The van der Waals surface area contributed by atoms with E-state index in [0.717, 1.165) is 5.56 Å². The molecule has 150 valence electrons. The van der Waals surface area contributed by atoms with Crippen molar-refractivity contribution in [3.05, 3.63) is 72.3 Å². The molecule has 0 radical (unpaired) electrons. The van der Waals surface area contributed by atoms with Gasteiger partial charge in [-0.3, -0.25) is 14.3 Å². The predicted octanol–water partition coefficient (Wildman–Crippen LogP) is 3.38. The van der Waals surface area contributed by atoms with Gasteiger partial charge in [0.25, 0.3) is 5.91 Å². The third kappa shape index (κ3) is 5.90. The summed E-state index contributed by atoms with van der Waals surface area (Å²) in [5.74, 6) is -0.433. The number of nitrogens with zero attached hydrogens (tertiary/aromatic N) is 2. The minimum Gasteiger partial charge on any atom is -0.481 e. The highest BCUT2D eigenvalue weighted by atomic mass is 19.1. The van der Waals surface area contributed by atoms with Crippen molar-refractivity contribution in [2.75, 3.05) is 10.6 Å². The summed E-state index contributed by atoms with van der Waals surface area (Å²) in [7, 11) is 0. The number of ether oxygens (including phenoxy) is 1. The summed E-state index contributed by atoms with van der Waals surface area (Å²) >= 11 is 0. The second-order valence-corrected chi connectivity index (χ2v) is 6.54. The van der Waals surface area contributed by atoms with Crippen molar-refractivity contribution in [1.82, 2.24) is 9.78 Å². The van der Waals surface area contributed by atoms with E-state index in [1.54, 1.807) is 25.3 Å². The zero-order valence-corrected chi connectivity index (χ0v) is 16.1. The van der Waals surface area contributed by atoms with Crippen LogP contribution in [0.15, 0.2) is 60.9 Å². The Balaban J connectivity index is 1.51. The molecule has 7 nitrogen and oxygen atoms in total. The Morgan fingerprint density at radius 1 is 1.07 bits per heavy atom. The zero-order valence-electron chi connectivity index (χ0n) is 16.1. The fraction of sp³-hybridized carbons (Fsp3) is 0.190. The van der Waals surface area contributed by atoms with E-state index in [4.69, 9.17) is 4.74 Å². The summed E-state index contributed by atoms with van der Waals surface area (Å²) in [5, 5.41) is 9.40. The van der Waals surface area contributed by atoms with E-state index in [1.807, 2.05) is 19.1 Å². The van der Waals surface area contributed by atoms with E-state index < -0.39 is 6.10 Å². The molecule has 0 unspecified atom stereocenters. The normalized spacial score (nSPS) is 11.6. The topological polar surface area (TPSA) is 85.2 Å². The van der Waals surface area contributed by atoms with Crippen LogP contribution in [0.4, 0.5) is 15.8 Å². The number of hydrogen-bond donors (Lipinski definition) is 2. The number of carbonyl (C=O) groups is 2. The van der Waals surface area contributed by atoms with Gasteiger partial charge in [-0.25, -0.2) is 4.39 Å². The molecule has 1 atom stereocenters. The SMILES string of the molecule is Cc1ccc(O[C@@H](C)C(=O)Nc2cnn(CC(=O)Nc3ccc(F)cc3)c2)cc1. The predicted molar refractivity (Wildman–Crippen MR) is 107 cm³/mol. The lowest BCUT2D eigenvalue weighted by atomic mass is 10.2. The van der Waals surface area contributed by atoms with Gasteiger partial charge in [-0.15, -0.1) is 0 Å². The van der Waals surface area contributed by atoms with Gasteiger partial charge < -0.3 is 15.4 Å². The van der Waals surface area contributed by atoms with E-state index >= 15 is 0 Å². The second-order valence-electron chi connectivity index (χ2n) is 6.54. The zero-order chi connectivity index (χ0) is 20.8. The quantitative estimate of drug-likeness (QED) is 0.641. The number of rotatable bonds is 7. The fourth-order valence-corrected chi connectivity index (χ4v) is 2.51. The fourth-order valence-electron chi connectivity index (χ4n) is 2.51. The summed E-state index contributed by atoms with van der Waals surface area (Å²) in [6.45, 7) is 3.57. The number of aromatic nitrogens is 2. The Labute approximate surface area is 167 Å². The lowest BCUT2D eigenvalue weighted by Crippen LogP contribution is -2.30. The van der Waals surface area contributed by atoms with Gasteiger partial charge in [0.05, 0.1) is 11.9 Å². The number of halogens is 1. The number of carbonyl (C=O) groups excluding carboxylic acids is 2. The first-order chi connectivity index (χ1) is 13.9. The summed E-state index contributed by atoms with van der Waals surface area (Å²) in [4.78, 5) is 24.4. The first-order valence-electron chi connectivity index (χ1n) is 9.01. The van der Waals surface area contributed by atoms with Gasteiger partial charge in [-0.05, 0) is 50.2 Å². The summed E-state index contributed by atoms with van der Waals surface area (Å²) < 4.78 is 19.9. The van der Waals surface area contributed by atoms with Gasteiger partial charge in [0.2, 0.25) is 5.91 Å². The summed E-state index contributed by atoms with van der Waals surface area (Å²) in [6.07, 6.45) is 2.28. The van der Waals surface area contributed by atoms with E-state index in [2.05, 4.69) is 15.7 Å². The summed E-state index contributed by atoms with van der Waals surface area (Å²) in [5.41, 5.74) is 2.04. The standard InChI is InChI=1S/C21H21FN4O3/c1-14-3-9-19(10-4-14)29-15(2)21(28)25-18-11-23-26(12-18)13-20(27)24-17-7-5-16(22)6-8-17/h3-12,15H,13H2,1-2H3,(H,24,27)(H,25,28)/t15-/m0/s1. The maximum Gasteiger partial charge on any atom is 0.265 e. The number of aryl methyl sites for hydroxylation is 1. The van der Waals surface area contributed by atoms with Crippen LogP contribution in [0.5, 0.6) is 5.75 Å². The molecule has 0 spiro atoms. The molecule has 2 amide bonds. The molecular weight excluding hydrogens is 375 g/mol. The Morgan fingerprint density at radius 3 is 2.45 bits per heavy atom. The highest BCUT2D eigenvalue weighted by molar-refractivity contribution is 5.94. The van der Waals surface area contributed by atoms with Gasteiger partial charge in [0.1, 0.15) is 18.1 Å². The lowest BCUT2D eigenvalue weighted by Gasteiger charge is -2.14. The van der Waals surface area contributed by atoms with Crippen LogP contribution >= 0.6 is 0 Å². The molecule has 3 rings (SSSR count). The van der Waals surface area contributed by atoms with Crippen LogP contribution in [0.3, 0.4) is 0 Å². The molecule has 0 aliphatic rings. The Bertz CT molecular complexity index is 984. The monoisotopic (exact) mass is 396 g/mol. The minimum absolute atomic E-state index is 0.0529. The summed E-state index contributed by atoms with van der Waals surface area (Å²) in [6, 6.07) is 12.9. The molecule has 1 heterocycles. The third-order valence-electron chi connectivity index (χ3n) is 4.04. The van der Waals surface area contributed by atoms with E-state index in [0.29, 0.717) is 17.1 Å². The minimum atomic E-state index is -0.706. The van der Waals surface area contributed by atoms with Crippen molar-refractivity contribution in [3.8, 4) is 5.75 Å². The molecule has 8 heteroatoms. The number of benzene rings is 2. The van der Waals surface area contributed by atoms with Crippen LogP contribution in [0.2, 0.25) is 0 Å². The van der Waals surface area contributed by atoms with Gasteiger partial charge in [-0.1, -0.05) is 17.7 Å². The van der Waals surface area contributed by atoms with E-state index in [1.165, 1.54) is 35.1 Å². The van der Waals surface area contributed by atoms with Gasteiger partial charge in [-0.2, -0.15) is 5.10 Å². The first-order valence-corrected chi connectivity index (χ1v) is 9.01. The van der Waals surface area contributed by atoms with Gasteiger partial charge in [0, 0.05) is 11.9 Å². The van der Waals surface area contributed by atoms with Crippen molar-refractivity contribution >= 4 is 23.2 Å². The molecule has 3 aromatic rings. The molecule has 0 saturated carbocycles. The van der Waals surface area contributed by atoms with E-state index in [-0.39, 0.29) is 24.2 Å². The average Bonchev–Trinajstić information content (AvgIpc) is 3.12. The molecule has 1 aromatic heterocycles. The van der Waals surface area contributed by atoms with Crippen molar-refractivity contribution in [3.63, 3.8) is 0 Å². The third-order valence-corrected chi connectivity index (χ3v) is 4.04. The second kappa shape index (κ2) is 9.01. The highest BCUT2D eigenvalue weighted by Crippen LogP contribution is 2.14. The smallest absolute Gasteiger partial charge is 0.265 e. The van der Waals surface area contributed by atoms with Crippen molar-refractivity contribution in [2.24, 2.45) is 0 Å². The highest BCUT2D eigenvalue weighted by Gasteiger charge is 2.16. The first kappa shape index (κ1) is 20.1. The van der Waals surface area contributed by atoms with Crippen LogP contribution in [0.25, 0.3) is 0 Å². The van der Waals surface area contributed by atoms with Crippen LogP contribution in [-0.2, 0) is 16.1 Å². The maximum atomic E-state index is 12.9. The van der Waals surface area contributed by atoms with Crippen LogP contribution in [0.1, 0.15) is 12.5 Å². The Kier molecular flexibility index (Phi) is 6.23. The number of amides is 2. The van der Waals surface area contributed by atoms with E-state index in [9.17, 15) is 14.0 Å². The van der Waals surface area contributed by atoms with Crippen molar-refractivity contribution in [1.29, 1.82) is 0 Å². The van der Waals surface area contributed by atoms with Crippen molar-refractivity contribution in [2.45, 2.75) is 26.5 Å². The van der Waals surface area contributed by atoms with Crippen LogP contribution in [-0.4, -0.2) is 27.7 Å². The molecule has 0 fully saturated rings. The maximum absolute atomic E-state index is 12.9. The van der Waals surface area contributed by atoms with Gasteiger partial charge >= 0.3 is 0 Å². The molecule has 2 N–H and O–H groups in total. The van der Waals surface area contributed by atoms with Crippen LogP contribution < -0.4 is 15.4 Å². The molecular formula is C21H21FN4O3.